The Morgan fingerprint density at radius 2 is 1.50 bits per heavy atom. The largest absolute Gasteiger partial charge is 0.497 e. The lowest BCUT2D eigenvalue weighted by molar-refractivity contribution is -0.137. The smallest absolute Gasteiger partial charge is 0.232 e. The topological polar surface area (TPSA) is 48.0 Å². The summed E-state index contributed by atoms with van der Waals surface area (Å²) in [6.45, 7) is 5.99. The van der Waals surface area contributed by atoms with Gasteiger partial charge in [0.05, 0.1) is 25.7 Å². The highest BCUT2D eigenvalue weighted by Gasteiger charge is 2.33. The number of carbonyl (C=O) groups excluding carboxylic acids is 1. The van der Waals surface area contributed by atoms with E-state index in [1.165, 1.54) is 0 Å². The van der Waals surface area contributed by atoms with Gasteiger partial charge in [-0.2, -0.15) is 0 Å². The fraction of sp³-hybridized carbons (Fsp3) is 0.588. The van der Waals surface area contributed by atoms with Crippen LogP contribution in [-0.2, 0) is 19.7 Å². The van der Waals surface area contributed by atoms with Gasteiger partial charge in [-0.1, -0.05) is 12.1 Å². The number of nitrogens with zero attached hydrogens (tertiary/aromatic N) is 1. The van der Waals surface area contributed by atoms with Gasteiger partial charge in [0, 0.05) is 27.3 Å². The van der Waals surface area contributed by atoms with Gasteiger partial charge in [0.2, 0.25) is 5.91 Å². The fourth-order valence-corrected chi connectivity index (χ4v) is 2.24. The van der Waals surface area contributed by atoms with Crippen LogP contribution in [0, 0.1) is 0 Å². The van der Waals surface area contributed by atoms with Crippen molar-refractivity contribution in [2.24, 2.45) is 0 Å². The Labute approximate surface area is 133 Å². The van der Waals surface area contributed by atoms with Crippen molar-refractivity contribution >= 4 is 5.91 Å². The van der Waals surface area contributed by atoms with Gasteiger partial charge in [0.15, 0.2) is 0 Å². The molecule has 0 unspecified atom stereocenters. The van der Waals surface area contributed by atoms with Gasteiger partial charge in [-0.3, -0.25) is 4.79 Å². The zero-order valence-electron chi connectivity index (χ0n) is 14.2. The van der Waals surface area contributed by atoms with E-state index in [4.69, 9.17) is 14.2 Å². The van der Waals surface area contributed by atoms with Crippen molar-refractivity contribution in [2.45, 2.75) is 19.3 Å². The van der Waals surface area contributed by atoms with E-state index in [1.54, 1.807) is 26.2 Å². The number of ether oxygens (including phenoxy) is 3. The third kappa shape index (κ3) is 4.71. The van der Waals surface area contributed by atoms with E-state index in [2.05, 4.69) is 0 Å². The van der Waals surface area contributed by atoms with Gasteiger partial charge in [0.1, 0.15) is 5.75 Å². The molecule has 5 nitrogen and oxygen atoms in total. The molecule has 0 bridgehead atoms. The van der Waals surface area contributed by atoms with Crippen LogP contribution < -0.4 is 4.74 Å². The molecule has 0 aliphatic heterocycles. The van der Waals surface area contributed by atoms with Gasteiger partial charge in [0.25, 0.3) is 0 Å². The second-order valence-corrected chi connectivity index (χ2v) is 5.63. The van der Waals surface area contributed by atoms with Crippen molar-refractivity contribution < 1.29 is 19.0 Å². The molecule has 124 valence electrons. The standard InChI is InChI=1S/C17H27NO4/c1-17(2,14-6-8-15(22-5)9-7-14)16(19)18(10-12-20-3)11-13-21-4/h6-9H,10-13H2,1-5H3. The molecular formula is C17H27NO4. The van der Waals surface area contributed by atoms with Gasteiger partial charge in [-0.15, -0.1) is 0 Å². The second-order valence-electron chi connectivity index (χ2n) is 5.63. The van der Waals surface area contributed by atoms with Gasteiger partial charge >= 0.3 is 0 Å². The van der Waals surface area contributed by atoms with Crippen LogP contribution >= 0.6 is 0 Å². The van der Waals surface area contributed by atoms with E-state index in [-0.39, 0.29) is 5.91 Å². The third-order valence-electron chi connectivity index (χ3n) is 3.76. The van der Waals surface area contributed by atoms with Gasteiger partial charge < -0.3 is 19.1 Å². The lowest BCUT2D eigenvalue weighted by Gasteiger charge is -2.32. The summed E-state index contributed by atoms with van der Waals surface area (Å²) in [7, 11) is 4.89. The maximum atomic E-state index is 12.9. The van der Waals surface area contributed by atoms with Crippen molar-refractivity contribution in [1.29, 1.82) is 0 Å². The average molecular weight is 309 g/mol. The minimum absolute atomic E-state index is 0.0618. The molecule has 0 aliphatic carbocycles. The second kappa shape index (κ2) is 8.76. The molecule has 0 N–H and O–H groups in total. The minimum atomic E-state index is -0.617. The normalized spacial score (nSPS) is 11.3. The highest BCUT2D eigenvalue weighted by Crippen LogP contribution is 2.27. The number of carbonyl (C=O) groups is 1. The first-order valence-electron chi connectivity index (χ1n) is 7.39. The van der Waals surface area contributed by atoms with Crippen LogP contribution in [0.4, 0.5) is 0 Å². The molecule has 0 saturated heterocycles. The molecule has 1 rings (SSSR count). The quantitative estimate of drug-likeness (QED) is 0.701. The maximum absolute atomic E-state index is 12.9. The molecule has 0 heterocycles. The maximum Gasteiger partial charge on any atom is 0.232 e. The van der Waals surface area contributed by atoms with Crippen LogP contribution in [0.5, 0.6) is 5.75 Å². The summed E-state index contributed by atoms with van der Waals surface area (Å²) in [5.41, 5.74) is 0.339. The number of amides is 1. The number of methoxy groups -OCH3 is 3. The predicted octanol–water partition coefficient (Wildman–Crippen LogP) is 2.09. The fourth-order valence-electron chi connectivity index (χ4n) is 2.24. The van der Waals surface area contributed by atoms with Gasteiger partial charge in [-0.05, 0) is 31.5 Å². The third-order valence-corrected chi connectivity index (χ3v) is 3.76. The molecule has 5 heteroatoms. The Bertz CT molecular complexity index is 448. The minimum Gasteiger partial charge on any atom is -0.497 e. The first-order valence-corrected chi connectivity index (χ1v) is 7.39. The SMILES string of the molecule is COCCN(CCOC)C(=O)C(C)(C)c1ccc(OC)cc1. The summed E-state index contributed by atoms with van der Waals surface area (Å²) >= 11 is 0. The molecule has 0 aliphatic rings. The molecule has 0 spiro atoms. The predicted molar refractivity (Wildman–Crippen MR) is 86.4 cm³/mol. The van der Waals surface area contributed by atoms with E-state index >= 15 is 0 Å². The van der Waals surface area contributed by atoms with Crippen molar-refractivity contribution in [3.05, 3.63) is 29.8 Å². The van der Waals surface area contributed by atoms with Crippen LogP contribution in [0.25, 0.3) is 0 Å². The van der Waals surface area contributed by atoms with E-state index in [1.807, 2.05) is 38.1 Å². The Balaban J connectivity index is 2.91. The first-order chi connectivity index (χ1) is 10.5. The molecule has 22 heavy (non-hydrogen) atoms. The zero-order valence-corrected chi connectivity index (χ0v) is 14.2. The molecule has 1 amide bonds. The van der Waals surface area contributed by atoms with Crippen molar-refractivity contribution in [3.63, 3.8) is 0 Å². The van der Waals surface area contributed by atoms with Gasteiger partial charge in [-0.25, -0.2) is 0 Å². The number of hydrogen-bond acceptors (Lipinski definition) is 4. The Morgan fingerprint density at radius 1 is 1.00 bits per heavy atom. The molecular weight excluding hydrogens is 282 g/mol. The molecule has 0 aromatic heterocycles. The molecule has 1 aromatic carbocycles. The number of benzene rings is 1. The monoisotopic (exact) mass is 309 g/mol. The lowest BCUT2D eigenvalue weighted by Crippen LogP contribution is -2.46. The van der Waals surface area contributed by atoms with Crippen LogP contribution in [0.2, 0.25) is 0 Å². The summed E-state index contributed by atoms with van der Waals surface area (Å²) in [4.78, 5) is 14.7. The highest BCUT2D eigenvalue weighted by molar-refractivity contribution is 5.87. The number of hydrogen-bond donors (Lipinski definition) is 0. The zero-order chi connectivity index (χ0) is 16.6. The van der Waals surface area contributed by atoms with E-state index in [0.29, 0.717) is 26.3 Å². The molecule has 1 aromatic rings. The van der Waals surface area contributed by atoms with Crippen LogP contribution in [0.3, 0.4) is 0 Å². The molecule has 0 atom stereocenters. The van der Waals surface area contributed by atoms with Crippen LogP contribution in [0.1, 0.15) is 19.4 Å². The van der Waals surface area contributed by atoms with Crippen molar-refractivity contribution in [2.75, 3.05) is 47.6 Å². The summed E-state index contributed by atoms with van der Waals surface area (Å²) in [6, 6.07) is 7.61. The van der Waals surface area contributed by atoms with E-state index < -0.39 is 5.41 Å². The van der Waals surface area contributed by atoms with Crippen LogP contribution in [-0.4, -0.2) is 58.4 Å². The van der Waals surface area contributed by atoms with Crippen LogP contribution in [0.15, 0.2) is 24.3 Å². The van der Waals surface area contributed by atoms with Crippen molar-refractivity contribution in [3.8, 4) is 5.75 Å². The highest BCUT2D eigenvalue weighted by atomic mass is 16.5. The number of rotatable bonds is 9. The van der Waals surface area contributed by atoms with E-state index in [9.17, 15) is 4.79 Å². The molecule has 0 saturated carbocycles. The summed E-state index contributed by atoms with van der Waals surface area (Å²) in [5.74, 6) is 0.842. The Morgan fingerprint density at radius 3 is 1.91 bits per heavy atom. The van der Waals surface area contributed by atoms with E-state index in [0.717, 1.165) is 11.3 Å². The molecule has 0 fully saturated rings. The Hall–Kier alpha value is -1.59. The molecule has 0 radical (unpaired) electrons. The van der Waals surface area contributed by atoms with Crippen molar-refractivity contribution in [1.82, 2.24) is 4.90 Å². The summed E-state index contributed by atoms with van der Waals surface area (Å²) in [6.07, 6.45) is 0. The average Bonchev–Trinajstić information content (AvgIpc) is 2.54. The first kappa shape index (κ1) is 18.5. The Kier molecular flexibility index (Phi) is 7.35. The summed E-state index contributed by atoms with van der Waals surface area (Å²) in [5, 5.41) is 0. The lowest BCUT2D eigenvalue weighted by atomic mass is 9.83. The summed E-state index contributed by atoms with van der Waals surface area (Å²) < 4.78 is 15.4.